The molecule has 0 saturated carbocycles. The summed E-state index contributed by atoms with van der Waals surface area (Å²) in [6.45, 7) is 0. The van der Waals surface area contributed by atoms with Gasteiger partial charge in [-0.15, -0.1) is 0 Å². The van der Waals surface area contributed by atoms with Crippen LogP contribution in [0.15, 0.2) is 173 Å². The van der Waals surface area contributed by atoms with Crippen molar-refractivity contribution in [2.45, 2.75) is 0 Å². The molecule has 0 atom stereocenters. The number of hydrogen-bond acceptors (Lipinski definition) is 8. The van der Waals surface area contributed by atoms with Crippen LogP contribution in [0.2, 0.25) is 0 Å². The van der Waals surface area contributed by atoms with Gasteiger partial charge in [-0.3, -0.25) is 0 Å². The zero-order valence-corrected chi connectivity index (χ0v) is 30.6. The van der Waals surface area contributed by atoms with Crippen LogP contribution < -0.4 is 0 Å². The van der Waals surface area contributed by atoms with Crippen molar-refractivity contribution < 1.29 is 0 Å². The van der Waals surface area contributed by atoms with E-state index in [1.807, 2.05) is 72.8 Å². The molecule has 53 heavy (non-hydrogen) atoms. The third-order valence-electron chi connectivity index (χ3n) is 10.2. The Morgan fingerprint density at radius 1 is 0.208 bits per heavy atom. The summed E-state index contributed by atoms with van der Waals surface area (Å²) in [6.07, 6.45) is 0. The Balaban J connectivity index is 0.00000331. The van der Waals surface area contributed by atoms with Gasteiger partial charge in [0, 0.05) is 68.4 Å². The monoisotopic (exact) mass is 782 g/mol. The summed E-state index contributed by atoms with van der Waals surface area (Å²) in [7, 11) is 0. The first-order chi connectivity index (χ1) is 25.7. The van der Waals surface area contributed by atoms with E-state index in [0.29, 0.717) is 46.7 Å². The molecule has 12 rings (SSSR count). The second kappa shape index (κ2) is 11.2. The van der Waals surface area contributed by atoms with E-state index in [1.54, 1.807) is 0 Å². The molecule has 0 saturated heterocycles. The molecule has 7 aromatic rings. The molecule has 0 aliphatic carbocycles. The predicted octanol–water partition coefficient (Wildman–Crippen LogP) is 7.91. The fourth-order valence-electron chi connectivity index (χ4n) is 7.70. The largest absolute Gasteiger partial charge is 0.208 e. The van der Waals surface area contributed by atoms with Gasteiger partial charge in [0.15, 0.2) is 46.7 Å². The topological polar surface area (TPSA) is 98.9 Å². The Kier molecular flexibility index (Phi) is 6.39. The minimum absolute atomic E-state index is 0. The number of rotatable bonds is 0. The molecule has 5 aliphatic rings. The molecule has 4 radical (unpaired) electrons. The van der Waals surface area contributed by atoms with Crippen molar-refractivity contribution in [1.82, 2.24) is 0 Å². The Hall–Kier alpha value is -6.52. The quantitative estimate of drug-likeness (QED) is 0.111. The number of aliphatic imine (C=N–C) groups is 8. The molecule has 9 heteroatoms. The Bertz CT molecular complexity index is 3120. The van der Waals surface area contributed by atoms with Crippen molar-refractivity contribution in [2.24, 2.45) is 39.9 Å². The summed E-state index contributed by atoms with van der Waals surface area (Å²) >= 11 is 0. The number of hydrogen-bond donors (Lipinski definition) is 0. The van der Waals surface area contributed by atoms with Gasteiger partial charge >= 0.3 is 0 Å². The number of amidine groups is 8. The summed E-state index contributed by atoms with van der Waals surface area (Å²) in [5, 5.41) is 6.96. The van der Waals surface area contributed by atoms with Crippen LogP contribution in [0.5, 0.6) is 0 Å². The average molecular weight is 781 g/mol. The standard InChI is InChI=1S/C44H22N8.Sn/c1-2-10-24-18-26-20-28-22-36-35(21-27(28)19-25(26)17-23(24)9-1)43-50-41-33-15-7-5-13-31(33)39(48-41)46-37-29-11-3-4-12-30(29)38(45-37)47-40-32-14-6-8-16-34(32)42(49-40)51-44(36)52-43;/h1-22H;. The molecule has 0 aromatic heterocycles. The fourth-order valence-corrected chi connectivity index (χ4v) is 7.70. The van der Waals surface area contributed by atoms with E-state index in [2.05, 4.69) is 60.7 Å². The van der Waals surface area contributed by atoms with E-state index in [1.165, 1.54) is 21.5 Å². The van der Waals surface area contributed by atoms with Crippen LogP contribution in [-0.2, 0) is 0 Å². The first-order valence-electron chi connectivity index (χ1n) is 17.1. The molecule has 5 heterocycles. The van der Waals surface area contributed by atoms with Crippen molar-refractivity contribution in [1.29, 1.82) is 0 Å². The first kappa shape index (κ1) is 30.1. The van der Waals surface area contributed by atoms with Gasteiger partial charge in [0.1, 0.15) is 0 Å². The third-order valence-corrected chi connectivity index (χ3v) is 10.2. The van der Waals surface area contributed by atoms with Crippen molar-refractivity contribution >= 4 is 103 Å². The van der Waals surface area contributed by atoms with Gasteiger partial charge in [-0.1, -0.05) is 97.1 Å². The van der Waals surface area contributed by atoms with E-state index in [0.717, 1.165) is 55.3 Å². The second-order valence-electron chi connectivity index (χ2n) is 13.3. The van der Waals surface area contributed by atoms with Crippen LogP contribution >= 0.6 is 0 Å². The third kappa shape index (κ3) is 4.55. The van der Waals surface area contributed by atoms with Crippen molar-refractivity contribution in [3.63, 3.8) is 0 Å². The Labute approximate surface area is 319 Å². The normalized spacial score (nSPS) is 15.9. The van der Waals surface area contributed by atoms with Crippen molar-refractivity contribution in [3.05, 3.63) is 178 Å². The summed E-state index contributed by atoms with van der Waals surface area (Å²) < 4.78 is 0. The van der Waals surface area contributed by atoms with E-state index < -0.39 is 0 Å². The summed E-state index contributed by atoms with van der Waals surface area (Å²) in [5.41, 5.74) is 7.07. The van der Waals surface area contributed by atoms with Gasteiger partial charge in [-0.25, -0.2) is 39.9 Å². The minimum atomic E-state index is 0. The molecule has 242 valence electrons. The van der Waals surface area contributed by atoms with Gasteiger partial charge in [0.2, 0.25) is 0 Å². The summed E-state index contributed by atoms with van der Waals surface area (Å²) in [5.74, 6) is 4.33. The summed E-state index contributed by atoms with van der Waals surface area (Å²) in [4.78, 5) is 40.4. The van der Waals surface area contributed by atoms with Crippen LogP contribution in [0.4, 0.5) is 0 Å². The van der Waals surface area contributed by atoms with Crippen molar-refractivity contribution in [3.8, 4) is 0 Å². The molecule has 5 aliphatic heterocycles. The van der Waals surface area contributed by atoms with Gasteiger partial charge in [-0.05, 0) is 68.7 Å². The molecular formula is C44H22N8Sn. The molecule has 8 nitrogen and oxygen atoms in total. The molecular weight excluding hydrogens is 759 g/mol. The van der Waals surface area contributed by atoms with Crippen LogP contribution in [0.1, 0.15) is 44.5 Å². The second-order valence-corrected chi connectivity index (χ2v) is 13.3. The van der Waals surface area contributed by atoms with E-state index >= 15 is 0 Å². The molecule has 0 amide bonds. The maximum absolute atomic E-state index is 5.16. The van der Waals surface area contributed by atoms with Gasteiger partial charge in [0.05, 0.1) is 0 Å². The van der Waals surface area contributed by atoms with Gasteiger partial charge in [0.25, 0.3) is 0 Å². The van der Waals surface area contributed by atoms with Crippen molar-refractivity contribution in [2.75, 3.05) is 0 Å². The Morgan fingerprint density at radius 2 is 0.415 bits per heavy atom. The Morgan fingerprint density at radius 3 is 0.698 bits per heavy atom. The maximum Gasteiger partial charge on any atom is 0.164 e. The average Bonchev–Trinajstić information content (AvgIpc) is 3.91. The first-order valence-corrected chi connectivity index (χ1v) is 17.1. The van der Waals surface area contributed by atoms with Crippen LogP contribution in [0.3, 0.4) is 0 Å². The summed E-state index contributed by atoms with van der Waals surface area (Å²) in [6, 6.07) is 45.9. The number of nitrogens with zero attached hydrogens (tertiary/aromatic N) is 8. The van der Waals surface area contributed by atoms with E-state index in [9.17, 15) is 0 Å². The van der Waals surface area contributed by atoms with Crippen LogP contribution in [0, 0.1) is 0 Å². The molecule has 0 unspecified atom stereocenters. The molecule has 0 fully saturated rings. The molecule has 0 N–H and O–H groups in total. The van der Waals surface area contributed by atoms with Crippen LogP contribution in [0.25, 0.3) is 32.3 Å². The minimum Gasteiger partial charge on any atom is -0.208 e. The molecule has 7 aromatic carbocycles. The predicted molar refractivity (Wildman–Crippen MR) is 216 cm³/mol. The maximum atomic E-state index is 5.16. The number of benzene rings is 7. The van der Waals surface area contributed by atoms with E-state index in [-0.39, 0.29) is 23.9 Å². The van der Waals surface area contributed by atoms with Crippen LogP contribution in [-0.4, -0.2) is 70.6 Å². The number of fused-ring (bicyclic) bond motifs is 19. The van der Waals surface area contributed by atoms with Gasteiger partial charge in [-0.2, -0.15) is 0 Å². The molecule has 0 spiro atoms. The van der Waals surface area contributed by atoms with Gasteiger partial charge < -0.3 is 0 Å². The zero-order chi connectivity index (χ0) is 33.9. The zero-order valence-electron chi connectivity index (χ0n) is 27.8. The SMILES string of the molecule is [Sn].c1ccc2c(c1)C1=NC2=NC2=NC(=NC3=NC(=NC4=NC(=N1)c1ccccc14)c1cc4cc5cc6ccccc6cc5cc4cc13)c1ccccc12. The van der Waals surface area contributed by atoms with E-state index in [4.69, 9.17) is 39.9 Å². The smallest absolute Gasteiger partial charge is 0.164 e. The fraction of sp³-hybridized carbons (Fsp3) is 0. The molecule has 8 bridgehead atoms.